The van der Waals surface area contributed by atoms with E-state index in [1.165, 1.54) is 19.4 Å². The minimum Gasteiger partial charge on any atom is -0.298 e. The van der Waals surface area contributed by atoms with Crippen molar-refractivity contribution < 1.29 is 4.39 Å². The molecular weight excluding hydrogens is 318 g/mol. The number of nitrogens with zero attached hydrogens (tertiary/aromatic N) is 2. The Morgan fingerprint density at radius 2 is 2.00 bits per heavy atom. The molecule has 0 aromatic carbocycles. The molecule has 0 aromatic rings. The maximum atomic E-state index is 12.5. The number of hydrogen-bond acceptors (Lipinski definition) is 2. The first-order chi connectivity index (χ1) is 7.54. The summed E-state index contributed by atoms with van der Waals surface area (Å²) in [6.07, 6.45) is 2.61. The fourth-order valence-corrected chi connectivity index (χ4v) is 2.40. The highest BCUT2D eigenvalue weighted by atomic mass is 127. The summed E-state index contributed by atoms with van der Waals surface area (Å²) in [6, 6.07) is 0.872. The lowest BCUT2D eigenvalue weighted by molar-refractivity contribution is 0.0577. The molecule has 4 heteroatoms. The van der Waals surface area contributed by atoms with Crippen molar-refractivity contribution in [2.24, 2.45) is 0 Å². The lowest BCUT2D eigenvalue weighted by Gasteiger charge is -2.40. The molecule has 0 saturated carbocycles. The SMILES string of the molecule is CC(C)I.CN1CC2CCCN2CC1CF. The van der Waals surface area contributed by atoms with Gasteiger partial charge in [-0.3, -0.25) is 9.80 Å². The van der Waals surface area contributed by atoms with Crippen LogP contribution in [0.1, 0.15) is 26.7 Å². The molecule has 2 unspecified atom stereocenters. The number of hydrogen-bond donors (Lipinski definition) is 0. The lowest BCUT2D eigenvalue weighted by Crippen LogP contribution is -2.55. The third-order valence-electron chi connectivity index (χ3n) is 3.24. The van der Waals surface area contributed by atoms with Gasteiger partial charge in [0.25, 0.3) is 0 Å². The van der Waals surface area contributed by atoms with Crippen LogP contribution < -0.4 is 0 Å². The van der Waals surface area contributed by atoms with Crippen LogP contribution in [0.2, 0.25) is 0 Å². The molecule has 0 amide bonds. The number of fused-ring (bicyclic) bond motifs is 1. The Balaban J connectivity index is 0.000000280. The highest BCUT2D eigenvalue weighted by Crippen LogP contribution is 2.23. The van der Waals surface area contributed by atoms with Crippen molar-refractivity contribution in [2.75, 3.05) is 33.4 Å². The molecule has 0 aliphatic carbocycles. The molecule has 0 spiro atoms. The fourth-order valence-electron chi connectivity index (χ4n) is 2.40. The van der Waals surface area contributed by atoms with Crippen molar-refractivity contribution in [1.29, 1.82) is 0 Å². The van der Waals surface area contributed by atoms with E-state index in [2.05, 4.69) is 46.2 Å². The smallest absolute Gasteiger partial charge is 0.106 e. The van der Waals surface area contributed by atoms with Crippen molar-refractivity contribution in [3.05, 3.63) is 0 Å². The van der Waals surface area contributed by atoms with E-state index < -0.39 is 0 Å². The van der Waals surface area contributed by atoms with E-state index in [0.717, 1.165) is 23.1 Å². The van der Waals surface area contributed by atoms with Crippen molar-refractivity contribution >= 4 is 22.6 Å². The summed E-state index contributed by atoms with van der Waals surface area (Å²) in [5.74, 6) is 0. The van der Waals surface area contributed by atoms with Crippen LogP contribution in [0, 0.1) is 0 Å². The first-order valence-corrected chi connectivity index (χ1v) is 7.43. The second-order valence-corrected chi connectivity index (χ2v) is 7.54. The van der Waals surface area contributed by atoms with Crippen molar-refractivity contribution in [3.8, 4) is 0 Å². The van der Waals surface area contributed by atoms with Gasteiger partial charge in [-0.2, -0.15) is 0 Å². The Morgan fingerprint density at radius 1 is 1.38 bits per heavy atom. The molecule has 2 saturated heterocycles. The van der Waals surface area contributed by atoms with Crippen LogP contribution in [0.4, 0.5) is 4.39 Å². The van der Waals surface area contributed by atoms with Crippen molar-refractivity contribution in [3.63, 3.8) is 0 Å². The minimum atomic E-state index is -0.195. The second-order valence-electron chi connectivity index (χ2n) is 5.05. The Bertz CT molecular complexity index is 199. The highest BCUT2D eigenvalue weighted by molar-refractivity contribution is 14.1. The summed E-state index contributed by atoms with van der Waals surface area (Å²) in [6.45, 7) is 7.31. The highest BCUT2D eigenvalue weighted by Gasteiger charge is 2.34. The molecule has 2 atom stereocenters. The van der Waals surface area contributed by atoms with E-state index >= 15 is 0 Å². The molecule has 2 aliphatic heterocycles. The quantitative estimate of drug-likeness (QED) is 0.534. The van der Waals surface area contributed by atoms with E-state index in [-0.39, 0.29) is 12.7 Å². The molecular formula is C12H24FIN2. The Morgan fingerprint density at radius 3 is 2.56 bits per heavy atom. The van der Waals surface area contributed by atoms with Gasteiger partial charge in [0, 0.05) is 23.1 Å². The average Bonchev–Trinajstić information content (AvgIpc) is 2.62. The first-order valence-electron chi connectivity index (χ1n) is 6.19. The fraction of sp³-hybridized carbons (Fsp3) is 1.00. The molecule has 2 heterocycles. The third kappa shape index (κ3) is 4.45. The van der Waals surface area contributed by atoms with Gasteiger partial charge < -0.3 is 0 Å². The Kier molecular flexibility index (Phi) is 6.51. The van der Waals surface area contributed by atoms with Gasteiger partial charge in [0.05, 0.1) is 6.04 Å². The molecule has 0 aromatic heterocycles. The van der Waals surface area contributed by atoms with Crippen LogP contribution in [0.15, 0.2) is 0 Å². The normalized spacial score (nSPS) is 31.1. The largest absolute Gasteiger partial charge is 0.298 e. The molecule has 0 N–H and O–H groups in total. The van der Waals surface area contributed by atoms with Gasteiger partial charge in [0.1, 0.15) is 6.67 Å². The molecule has 2 nitrogen and oxygen atoms in total. The van der Waals surface area contributed by atoms with Gasteiger partial charge in [-0.1, -0.05) is 36.4 Å². The van der Waals surface area contributed by atoms with Gasteiger partial charge in [0.2, 0.25) is 0 Å². The summed E-state index contributed by atoms with van der Waals surface area (Å²) in [5, 5.41) is 0. The summed E-state index contributed by atoms with van der Waals surface area (Å²) in [4.78, 5) is 4.62. The van der Waals surface area contributed by atoms with Crippen LogP contribution in [0.5, 0.6) is 0 Å². The zero-order chi connectivity index (χ0) is 12.1. The molecule has 96 valence electrons. The van der Waals surface area contributed by atoms with Crippen LogP contribution in [0.3, 0.4) is 0 Å². The monoisotopic (exact) mass is 342 g/mol. The summed E-state index contributed by atoms with van der Waals surface area (Å²) >= 11 is 2.34. The molecule has 0 bridgehead atoms. The predicted molar refractivity (Wildman–Crippen MR) is 76.1 cm³/mol. The van der Waals surface area contributed by atoms with Crippen LogP contribution in [-0.4, -0.2) is 59.2 Å². The number of alkyl halides is 2. The predicted octanol–water partition coefficient (Wildman–Crippen LogP) is 2.56. The van der Waals surface area contributed by atoms with Crippen LogP contribution >= 0.6 is 22.6 Å². The Labute approximate surface area is 113 Å². The molecule has 2 fully saturated rings. The van der Waals surface area contributed by atoms with Crippen LogP contribution in [0.25, 0.3) is 0 Å². The number of rotatable bonds is 1. The topological polar surface area (TPSA) is 6.48 Å². The Hall–Kier alpha value is 0.580. The summed E-state index contributed by atoms with van der Waals surface area (Å²) < 4.78 is 13.3. The third-order valence-corrected chi connectivity index (χ3v) is 3.24. The van der Waals surface area contributed by atoms with Gasteiger partial charge >= 0.3 is 0 Å². The maximum Gasteiger partial charge on any atom is 0.106 e. The number of halogens is 2. The van der Waals surface area contributed by atoms with Crippen LogP contribution in [-0.2, 0) is 0 Å². The van der Waals surface area contributed by atoms with E-state index in [9.17, 15) is 4.39 Å². The number of piperazine rings is 1. The van der Waals surface area contributed by atoms with Gasteiger partial charge in [0.15, 0.2) is 0 Å². The van der Waals surface area contributed by atoms with E-state index in [4.69, 9.17) is 0 Å². The zero-order valence-electron chi connectivity index (χ0n) is 10.6. The first kappa shape index (κ1) is 14.6. The summed E-state index contributed by atoms with van der Waals surface area (Å²) in [5.41, 5.74) is 0. The average molecular weight is 342 g/mol. The standard InChI is InChI=1S/C9H17FN2.C3H7I/c1-11-6-8-3-2-4-12(8)7-9(11)5-10;1-3(2)4/h8-9H,2-7H2,1H3;3H,1-2H3. The molecule has 2 aliphatic rings. The summed E-state index contributed by atoms with van der Waals surface area (Å²) in [7, 11) is 2.04. The second kappa shape index (κ2) is 7.11. The van der Waals surface area contributed by atoms with E-state index in [0.29, 0.717) is 0 Å². The zero-order valence-corrected chi connectivity index (χ0v) is 12.8. The van der Waals surface area contributed by atoms with Gasteiger partial charge in [-0.05, 0) is 26.4 Å². The van der Waals surface area contributed by atoms with Crippen molar-refractivity contribution in [2.45, 2.75) is 42.7 Å². The van der Waals surface area contributed by atoms with E-state index in [1.807, 2.05) is 7.05 Å². The molecule has 16 heavy (non-hydrogen) atoms. The number of likely N-dealkylation sites (N-methyl/N-ethyl adjacent to an activating group) is 1. The molecule has 2 rings (SSSR count). The van der Waals surface area contributed by atoms with Gasteiger partial charge in [-0.25, -0.2) is 4.39 Å². The lowest BCUT2D eigenvalue weighted by atomic mass is 10.1. The minimum absolute atomic E-state index is 0.152. The van der Waals surface area contributed by atoms with Crippen molar-refractivity contribution in [1.82, 2.24) is 9.80 Å². The van der Waals surface area contributed by atoms with E-state index in [1.54, 1.807) is 0 Å². The van der Waals surface area contributed by atoms with Gasteiger partial charge in [-0.15, -0.1) is 0 Å². The molecule has 0 radical (unpaired) electrons. The maximum absolute atomic E-state index is 12.5.